The quantitative estimate of drug-likeness (QED) is 0.724. The van der Waals surface area contributed by atoms with Crippen molar-refractivity contribution in [2.45, 2.75) is 20.3 Å². The van der Waals surface area contributed by atoms with Gasteiger partial charge in [-0.2, -0.15) is 0 Å². The SMILES string of the molecule is CC(=O)C1=CC2C(C=C1)CCNC=C(N)[C@H]2C. The highest BCUT2D eigenvalue weighted by Crippen LogP contribution is 2.34. The summed E-state index contributed by atoms with van der Waals surface area (Å²) in [6.07, 6.45) is 9.21. The zero-order valence-electron chi connectivity index (χ0n) is 10.4. The Labute approximate surface area is 102 Å². The molecule has 0 bridgehead atoms. The Morgan fingerprint density at radius 1 is 1.53 bits per heavy atom. The Bertz CT molecular complexity index is 406. The summed E-state index contributed by atoms with van der Waals surface area (Å²) in [5.41, 5.74) is 7.73. The number of nitrogens with one attached hydrogen (secondary N) is 1. The molecule has 0 saturated heterocycles. The molecule has 1 heterocycles. The molecule has 1 aliphatic heterocycles. The summed E-state index contributed by atoms with van der Waals surface area (Å²) in [5, 5.41) is 3.23. The van der Waals surface area contributed by atoms with Crippen molar-refractivity contribution in [1.82, 2.24) is 5.32 Å². The van der Waals surface area contributed by atoms with E-state index in [0.717, 1.165) is 24.2 Å². The van der Waals surface area contributed by atoms with Crippen LogP contribution in [0.4, 0.5) is 0 Å². The first kappa shape index (κ1) is 12.0. The Morgan fingerprint density at radius 2 is 2.29 bits per heavy atom. The first-order chi connectivity index (χ1) is 8.09. The molecule has 3 atom stereocenters. The van der Waals surface area contributed by atoms with Crippen LogP contribution in [-0.4, -0.2) is 12.3 Å². The highest BCUT2D eigenvalue weighted by molar-refractivity contribution is 5.96. The van der Waals surface area contributed by atoms with Crippen molar-refractivity contribution in [2.24, 2.45) is 23.5 Å². The van der Waals surface area contributed by atoms with Gasteiger partial charge in [-0.3, -0.25) is 4.79 Å². The van der Waals surface area contributed by atoms with Gasteiger partial charge >= 0.3 is 0 Å². The zero-order valence-corrected chi connectivity index (χ0v) is 10.4. The fraction of sp³-hybridized carbons (Fsp3) is 0.500. The second-order valence-corrected chi connectivity index (χ2v) is 4.95. The predicted octanol–water partition coefficient (Wildman–Crippen LogP) is 1.73. The maximum Gasteiger partial charge on any atom is 0.159 e. The molecule has 0 aromatic heterocycles. The van der Waals surface area contributed by atoms with Crippen LogP contribution in [0, 0.1) is 17.8 Å². The second-order valence-electron chi connectivity index (χ2n) is 4.95. The molecule has 0 radical (unpaired) electrons. The number of hydrogen-bond acceptors (Lipinski definition) is 3. The summed E-state index contributed by atoms with van der Waals surface area (Å²) in [6, 6.07) is 0. The first-order valence-electron chi connectivity index (χ1n) is 6.19. The highest BCUT2D eigenvalue weighted by Gasteiger charge is 2.28. The average molecular weight is 232 g/mol. The lowest BCUT2D eigenvalue weighted by atomic mass is 9.74. The van der Waals surface area contributed by atoms with E-state index in [0.29, 0.717) is 11.8 Å². The number of allylic oxidation sites excluding steroid dienone is 5. The van der Waals surface area contributed by atoms with Crippen LogP contribution in [0.3, 0.4) is 0 Å². The monoisotopic (exact) mass is 232 g/mol. The lowest BCUT2D eigenvalue weighted by Crippen LogP contribution is -2.31. The van der Waals surface area contributed by atoms with Gasteiger partial charge in [0.05, 0.1) is 0 Å². The van der Waals surface area contributed by atoms with Crippen LogP contribution in [-0.2, 0) is 4.79 Å². The summed E-state index contributed by atoms with van der Waals surface area (Å²) in [5.74, 6) is 1.23. The highest BCUT2D eigenvalue weighted by atomic mass is 16.1. The van der Waals surface area contributed by atoms with Crippen molar-refractivity contribution in [3.05, 3.63) is 35.7 Å². The van der Waals surface area contributed by atoms with Crippen LogP contribution in [0.15, 0.2) is 35.7 Å². The molecule has 3 heteroatoms. The van der Waals surface area contributed by atoms with E-state index in [2.05, 4.69) is 24.4 Å². The largest absolute Gasteiger partial charge is 0.401 e. The van der Waals surface area contributed by atoms with Gasteiger partial charge in [-0.15, -0.1) is 0 Å². The van der Waals surface area contributed by atoms with Gasteiger partial charge in [0, 0.05) is 29.9 Å². The fourth-order valence-corrected chi connectivity index (χ4v) is 2.57. The lowest BCUT2D eigenvalue weighted by molar-refractivity contribution is -0.113. The molecule has 3 N–H and O–H groups in total. The molecule has 2 aliphatic rings. The molecule has 3 nitrogen and oxygen atoms in total. The van der Waals surface area contributed by atoms with Gasteiger partial charge in [0.1, 0.15) is 0 Å². The van der Waals surface area contributed by atoms with Crippen LogP contribution < -0.4 is 11.1 Å². The van der Waals surface area contributed by atoms with E-state index >= 15 is 0 Å². The van der Waals surface area contributed by atoms with Crippen molar-refractivity contribution >= 4 is 5.78 Å². The normalized spacial score (nSPS) is 32.5. The maximum absolute atomic E-state index is 11.4. The third-order valence-corrected chi connectivity index (χ3v) is 3.79. The molecule has 0 aromatic rings. The topological polar surface area (TPSA) is 55.1 Å². The van der Waals surface area contributed by atoms with Crippen LogP contribution in [0.25, 0.3) is 0 Å². The summed E-state index contributed by atoms with van der Waals surface area (Å²) in [4.78, 5) is 11.4. The van der Waals surface area contributed by atoms with Gasteiger partial charge in [0.25, 0.3) is 0 Å². The van der Waals surface area contributed by atoms with E-state index in [1.54, 1.807) is 6.92 Å². The third-order valence-electron chi connectivity index (χ3n) is 3.79. The van der Waals surface area contributed by atoms with Crippen molar-refractivity contribution in [3.63, 3.8) is 0 Å². The molecule has 0 spiro atoms. The zero-order chi connectivity index (χ0) is 12.4. The number of nitrogens with two attached hydrogens (primary N) is 1. The summed E-state index contributed by atoms with van der Waals surface area (Å²) in [7, 11) is 0. The Balaban J connectivity index is 2.30. The first-order valence-corrected chi connectivity index (χ1v) is 6.19. The van der Waals surface area contributed by atoms with E-state index in [-0.39, 0.29) is 11.7 Å². The standard InChI is InChI=1S/C14H20N2O/c1-9-13-7-12(10(2)17)4-3-11(13)5-6-16-8-14(9)15/h3-4,7-9,11,13,16H,5-6,15H2,1-2H3/t9-,11?,13?/m0/s1. The summed E-state index contributed by atoms with van der Waals surface area (Å²) >= 11 is 0. The molecule has 0 fully saturated rings. The van der Waals surface area contributed by atoms with Crippen molar-refractivity contribution < 1.29 is 4.79 Å². The Hall–Kier alpha value is -1.51. The molecule has 0 aromatic carbocycles. The van der Waals surface area contributed by atoms with Crippen LogP contribution in [0.1, 0.15) is 20.3 Å². The van der Waals surface area contributed by atoms with E-state index in [1.165, 1.54) is 0 Å². The molecule has 2 unspecified atom stereocenters. The molecule has 0 saturated carbocycles. The summed E-state index contributed by atoms with van der Waals surface area (Å²) < 4.78 is 0. The number of rotatable bonds is 1. The fourth-order valence-electron chi connectivity index (χ4n) is 2.57. The predicted molar refractivity (Wildman–Crippen MR) is 68.9 cm³/mol. The van der Waals surface area contributed by atoms with Gasteiger partial charge in [0.15, 0.2) is 5.78 Å². The van der Waals surface area contributed by atoms with Gasteiger partial charge in [0.2, 0.25) is 0 Å². The van der Waals surface area contributed by atoms with Crippen LogP contribution in [0.5, 0.6) is 0 Å². The number of carbonyl (C=O) groups excluding carboxylic acids is 1. The lowest BCUT2D eigenvalue weighted by Gasteiger charge is -2.32. The minimum absolute atomic E-state index is 0.134. The number of hydrogen-bond donors (Lipinski definition) is 2. The molecule has 2 rings (SSSR count). The molecule has 1 aliphatic carbocycles. The molecular formula is C14H20N2O. The molecule has 92 valence electrons. The number of Topliss-reactive ketones (excluding diaryl/α,β-unsaturated/α-hetero) is 1. The minimum Gasteiger partial charge on any atom is -0.401 e. The van der Waals surface area contributed by atoms with Gasteiger partial charge in [-0.05, 0) is 25.2 Å². The van der Waals surface area contributed by atoms with Gasteiger partial charge < -0.3 is 11.1 Å². The number of carbonyl (C=O) groups is 1. The van der Waals surface area contributed by atoms with E-state index < -0.39 is 0 Å². The molecular weight excluding hydrogens is 212 g/mol. The van der Waals surface area contributed by atoms with Gasteiger partial charge in [-0.25, -0.2) is 0 Å². The third kappa shape index (κ3) is 2.43. The van der Waals surface area contributed by atoms with Crippen LogP contribution >= 0.6 is 0 Å². The second kappa shape index (κ2) is 4.78. The summed E-state index contributed by atoms with van der Waals surface area (Å²) in [6.45, 7) is 4.68. The number of fused-ring (bicyclic) bond motifs is 1. The molecule has 0 amide bonds. The maximum atomic E-state index is 11.4. The van der Waals surface area contributed by atoms with Crippen LogP contribution in [0.2, 0.25) is 0 Å². The van der Waals surface area contributed by atoms with Gasteiger partial charge in [-0.1, -0.05) is 25.2 Å². The van der Waals surface area contributed by atoms with E-state index in [9.17, 15) is 4.79 Å². The molecule has 17 heavy (non-hydrogen) atoms. The van der Waals surface area contributed by atoms with E-state index in [4.69, 9.17) is 5.73 Å². The van der Waals surface area contributed by atoms with Crippen molar-refractivity contribution in [3.8, 4) is 0 Å². The number of ketones is 1. The smallest absolute Gasteiger partial charge is 0.159 e. The van der Waals surface area contributed by atoms with Crippen molar-refractivity contribution in [2.75, 3.05) is 6.54 Å². The van der Waals surface area contributed by atoms with Crippen molar-refractivity contribution in [1.29, 1.82) is 0 Å². The van der Waals surface area contributed by atoms with E-state index in [1.807, 2.05) is 12.3 Å². The average Bonchev–Trinajstić information content (AvgIpc) is 2.31. The Kier molecular flexibility index (Phi) is 3.36. The Morgan fingerprint density at radius 3 is 3.00 bits per heavy atom. The minimum atomic E-state index is 0.134.